The number of benzene rings is 1. The van der Waals surface area contributed by atoms with Crippen LogP contribution in [-0.4, -0.2) is 19.5 Å². The second-order valence-corrected chi connectivity index (χ2v) is 5.79. The first-order valence-corrected chi connectivity index (χ1v) is 7.37. The van der Waals surface area contributed by atoms with Crippen molar-refractivity contribution < 1.29 is 14.1 Å². The van der Waals surface area contributed by atoms with Gasteiger partial charge < -0.3 is 10.2 Å². The van der Waals surface area contributed by atoms with Gasteiger partial charge in [0.05, 0.1) is 11.9 Å². The van der Waals surface area contributed by atoms with Crippen LogP contribution in [0.4, 0.5) is 4.39 Å². The summed E-state index contributed by atoms with van der Waals surface area (Å²) in [4.78, 5) is 14.2. The third kappa shape index (κ3) is 4.43. The van der Waals surface area contributed by atoms with Crippen molar-refractivity contribution in [2.24, 2.45) is 0 Å². The Labute approximate surface area is 122 Å². The minimum atomic E-state index is -0.285. The van der Waals surface area contributed by atoms with Crippen LogP contribution >= 0.6 is 11.3 Å². The number of carbonyl (C=O) groups is 1. The second kappa shape index (κ2) is 7.17. The molecule has 3 nitrogen and oxygen atoms in total. The lowest BCUT2D eigenvalue weighted by Crippen LogP contribution is -3.08. The zero-order chi connectivity index (χ0) is 14.4. The van der Waals surface area contributed by atoms with Gasteiger partial charge in [-0.25, -0.2) is 4.39 Å². The Bertz CT molecular complexity index is 557. The molecule has 1 heterocycles. The van der Waals surface area contributed by atoms with Crippen LogP contribution < -0.4 is 10.2 Å². The third-order valence-electron chi connectivity index (χ3n) is 2.95. The zero-order valence-electron chi connectivity index (χ0n) is 11.4. The second-order valence-electron chi connectivity index (χ2n) is 4.76. The Hall–Kier alpha value is -1.72. The van der Waals surface area contributed by atoms with Crippen molar-refractivity contribution in [2.45, 2.75) is 13.1 Å². The quantitative estimate of drug-likeness (QED) is 0.825. The van der Waals surface area contributed by atoms with Gasteiger partial charge >= 0.3 is 0 Å². The topological polar surface area (TPSA) is 33.5 Å². The predicted octanol–water partition coefficient (Wildman–Crippen LogP) is 1.22. The molecule has 0 aliphatic heterocycles. The molecule has 0 bridgehead atoms. The number of hydrogen-bond acceptors (Lipinski definition) is 2. The van der Waals surface area contributed by atoms with Crippen LogP contribution in [0.15, 0.2) is 41.8 Å². The standard InChI is InChI=1S/C15H17FN2OS/c1-18(10-13-6-4-8-20-13)11-15(19)17-9-12-5-2-3-7-14(12)16/h2-8H,9-11H2,1H3,(H,17,19)/p+1. The highest BCUT2D eigenvalue weighted by atomic mass is 32.1. The summed E-state index contributed by atoms with van der Waals surface area (Å²) in [5.41, 5.74) is 0.511. The Morgan fingerprint density at radius 3 is 2.80 bits per heavy atom. The number of carbonyl (C=O) groups excluding carboxylic acids is 1. The number of thiophene rings is 1. The van der Waals surface area contributed by atoms with Crippen molar-refractivity contribution in [1.29, 1.82) is 0 Å². The van der Waals surface area contributed by atoms with Crippen LogP contribution in [-0.2, 0) is 17.9 Å². The van der Waals surface area contributed by atoms with Crippen LogP contribution in [0.5, 0.6) is 0 Å². The monoisotopic (exact) mass is 293 g/mol. The van der Waals surface area contributed by atoms with Crippen LogP contribution in [0.1, 0.15) is 10.4 Å². The highest BCUT2D eigenvalue weighted by molar-refractivity contribution is 7.09. The summed E-state index contributed by atoms with van der Waals surface area (Å²) in [6.07, 6.45) is 0. The lowest BCUT2D eigenvalue weighted by atomic mass is 10.2. The Morgan fingerprint density at radius 2 is 2.10 bits per heavy atom. The molecule has 0 aliphatic rings. The van der Waals surface area contributed by atoms with Gasteiger partial charge in [0, 0.05) is 12.1 Å². The van der Waals surface area contributed by atoms with E-state index in [-0.39, 0.29) is 18.3 Å². The average Bonchev–Trinajstić information content (AvgIpc) is 2.90. The maximum Gasteiger partial charge on any atom is 0.275 e. The highest BCUT2D eigenvalue weighted by Crippen LogP contribution is 2.06. The summed E-state index contributed by atoms with van der Waals surface area (Å²) < 4.78 is 13.4. The van der Waals surface area contributed by atoms with Crippen molar-refractivity contribution in [2.75, 3.05) is 13.6 Å². The molecule has 1 aromatic carbocycles. The van der Waals surface area contributed by atoms with Crippen LogP contribution in [0.2, 0.25) is 0 Å². The van der Waals surface area contributed by atoms with Crippen LogP contribution in [0.3, 0.4) is 0 Å². The largest absolute Gasteiger partial charge is 0.347 e. The van der Waals surface area contributed by atoms with Crippen molar-refractivity contribution in [3.05, 3.63) is 58.0 Å². The number of hydrogen-bond donors (Lipinski definition) is 2. The van der Waals surface area contributed by atoms with E-state index in [1.54, 1.807) is 29.5 Å². The molecule has 2 N–H and O–H groups in total. The normalized spacial score (nSPS) is 12.1. The number of nitrogens with one attached hydrogen (secondary N) is 2. The molecule has 1 amide bonds. The van der Waals surface area contributed by atoms with E-state index < -0.39 is 0 Å². The molecule has 0 saturated carbocycles. The van der Waals surface area contributed by atoms with Crippen molar-refractivity contribution in [1.82, 2.24) is 5.32 Å². The molecule has 0 spiro atoms. The minimum Gasteiger partial charge on any atom is -0.347 e. The maximum absolute atomic E-state index is 13.4. The molecule has 0 aliphatic carbocycles. The van der Waals surface area contributed by atoms with Crippen LogP contribution in [0.25, 0.3) is 0 Å². The number of quaternary nitrogens is 1. The Balaban J connectivity index is 1.76. The summed E-state index contributed by atoms with van der Waals surface area (Å²) in [5, 5.41) is 4.78. The van der Waals surface area contributed by atoms with Gasteiger partial charge in [0.2, 0.25) is 0 Å². The van der Waals surface area contributed by atoms with Crippen molar-refractivity contribution in [3.63, 3.8) is 0 Å². The molecular weight excluding hydrogens is 275 g/mol. The van der Waals surface area contributed by atoms with Gasteiger partial charge in [-0.3, -0.25) is 4.79 Å². The molecule has 0 fully saturated rings. The van der Waals surface area contributed by atoms with E-state index in [2.05, 4.69) is 11.4 Å². The van der Waals surface area contributed by atoms with Crippen LogP contribution in [0, 0.1) is 5.82 Å². The number of halogens is 1. The molecule has 106 valence electrons. The number of amides is 1. The summed E-state index contributed by atoms with van der Waals surface area (Å²) >= 11 is 1.69. The first-order valence-electron chi connectivity index (χ1n) is 6.49. The van der Waals surface area contributed by atoms with E-state index >= 15 is 0 Å². The van der Waals surface area contributed by atoms with E-state index in [0.717, 1.165) is 11.4 Å². The highest BCUT2D eigenvalue weighted by Gasteiger charge is 2.11. The van der Waals surface area contributed by atoms with Gasteiger partial charge in [0.15, 0.2) is 6.54 Å². The van der Waals surface area contributed by atoms with Gasteiger partial charge in [-0.05, 0) is 17.5 Å². The van der Waals surface area contributed by atoms with Gasteiger partial charge in [0.25, 0.3) is 5.91 Å². The predicted molar refractivity (Wildman–Crippen MR) is 78.0 cm³/mol. The molecule has 2 aromatic rings. The first kappa shape index (κ1) is 14.7. The van der Waals surface area contributed by atoms with Gasteiger partial charge in [-0.1, -0.05) is 24.3 Å². The molecule has 5 heteroatoms. The summed E-state index contributed by atoms with van der Waals surface area (Å²) in [6, 6.07) is 10.5. The number of likely N-dealkylation sites (N-methyl/N-ethyl adjacent to an activating group) is 1. The fraction of sp³-hybridized carbons (Fsp3) is 0.267. The Morgan fingerprint density at radius 1 is 1.30 bits per heavy atom. The average molecular weight is 293 g/mol. The van der Waals surface area contributed by atoms with Crippen molar-refractivity contribution >= 4 is 17.2 Å². The molecule has 0 radical (unpaired) electrons. The van der Waals surface area contributed by atoms with E-state index in [1.807, 2.05) is 18.5 Å². The molecule has 0 saturated heterocycles. The fourth-order valence-electron chi connectivity index (χ4n) is 1.95. The maximum atomic E-state index is 13.4. The zero-order valence-corrected chi connectivity index (χ0v) is 12.2. The summed E-state index contributed by atoms with van der Waals surface area (Å²) in [7, 11) is 1.97. The third-order valence-corrected chi connectivity index (χ3v) is 3.83. The fourth-order valence-corrected chi connectivity index (χ4v) is 2.76. The first-order chi connectivity index (χ1) is 9.65. The minimum absolute atomic E-state index is 0.0673. The molecule has 1 unspecified atom stereocenters. The molecule has 20 heavy (non-hydrogen) atoms. The van der Waals surface area contributed by atoms with Gasteiger partial charge in [-0.2, -0.15) is 0 Å². The molecular formula is C15H18FN2OS+. The molecule has 1 aromatic heterocycles. The molecule has 1 atom stereocenters. The lowest BCUT2D eigenvalue weighted by Gasteiger charge is -2.13. The Kier molecular flexibility index (Phi) is 5.26. The smallest absolute Gasteiger partial charge is 0.275 e. The molecule has 2 rings (SSSR count). The van der Waals surface area contributed by atoms with Gasteiger partial charge in [-0.15, -0.1) is 11.3 Å². The summed E-state index contributed by atoms with van der Waals surface area (Å²) in [5.74, 6) is -0.352. The summed E-state index contributed by atoms with van der Waals surface area (Å²) in [6.45, 7) is 1.44. The van der Waals surface area contributed by atoms with E-state index in [9.17, 15) is 9.18 Å². The number of rotatable bonds is 6. The lowest BCUT2D eigenvalue weighted by molar-refractivity contribution is -0.885. The SMILES string of the molecule is C[NH+](CC(=O)NCc1ccccc1F)Cc1cccs1. The van der Waals surface area contributed by atoms with E-state index in [4.69, 9.17) is 0 Å². The van der Waals surface area contributed by atoms with Gasteiger partial charge in [0.1, 0.15) is 12.4 Å². The van der Waals surface area contributed by atoms with Crippen molar-refractivity contribution in [3.8, 4) is 0 Å². The van der Waals surface area contributed by atoms with E-state index in [1.165, 1.54) is 10.9 Å². The van der Waals surface area contributed by atoms with E-state index in [0.29, 0.717) is 12.1 Å².